The highest BCUT2D eigenvalue weighted by Crippen LogP contribution is 2.16. The van der Waals surface area contributed by atoms with Gasteiger partial charge in [-0.05, 0) is 17.7 Å². The minimum atomic E-state index is -0.328. The molecule has 0 saturated carbocycles. The van der Waals surface area contributed by atoms with E-state index in [1.807, 2.05) is 12.1 Å². The zero-order valence-corrected chi connectivity index (χ0v) is 8.07. The third-order valence-electron chi connectivity index (χ3n) is 1.78. The summed E-state index contributed by atoms with van der Waals surface area (Å²) in [5.74, 6) is 0.197. The van der Waals surface area contributed by atoms with Crippen LogP contribution in [0.1, 0.15) is 18.5 Å². The summed E-state index contributed by atoms with van der Waals surface area (Å²) in [5.41, 5.74) is 6.66. The number of carbonyl (C=O) groups excluding carboxylic acids is 1. The van der Waals surface area contributed by atoms with E-state index < -0.39 is 0 Å². The molecule has 0 unspecified atom stereocenters. The Morgan fingerprint density at radius 2 is 2.07 bits per heavy atom. The molecule has 0 bridgehead atoms. The van der Waals surface area contributed by atoms with Gasteiger partial charge in [-0.3, -0.25) is 4.79 Å². The van der Waals surface area contributed by atoms with Gasteiger partial charge in [-0.1, -0.05) is 18.2 Å². The van der Waals surface area contributed by atoms with Crippen molar-refractivity contribution in [2.45, 2.75) is 13.0 Å². The first-order valence-electron chi connectivity index (χ1n) is 4.30. The van der Waals surface area contributed by atoms with Crippen molar-refractivity contribution < 1.29 is 9.53 Å². The summed E-state index contributed by atoms with van der Waals surface area (Å²) in [5, 5.41) is 0. The Balaban J connectivity index is 2.78. The van der Waals surface area contributed by atoms with Crippen molar-refractivity contribution in [3.8, 4) is 5.75 Å². The second kappa shape index (κ2) is 4.58. The minimum absolute atomic E-state index is 0.179. The van der Waals surface area contributed by atoms with Gasteiger partial charge in [0.15, 0.2) is 0 Å². The number of nitrogens with two attached hydrogens (primary N) is 1. The zero-order chi connectivity index (χ0) is 10.6. The lowest BCUT2D eigenvalue weighted by Gasteiger charge is -2.07. The summed E-state index contributed by atoms with van der Waals surface area (Å²) < 4.78 is 4.88. The number of ether oxygens (including phenoxy) is 1. The molecule has 14 heavy (non-hydrogen) atoms. The first kappa shape index (κ1) is 10.5. The fourth-order valence-electron chi connectivity index (χ4n) is 1.06. The largest absolute Gasteiger partial charge is 0.427 e. The van der Waals surface area contributed by atoms with E-state index in [0.29, 0.717) is 5.75 Å². The van der Waals surface area contributed by atoms with E-state index in [-0.39, 0.29) is 12.0 Å². The first-order valence-corrected chi connectivity index (χ1v) is 4.30. The molecule has 0 radical (unpaired) electrons. The van der Waals surface area contributed by atoms with Gasteiger partial charge in [-0.25, -0.2) is 0 Å². The van der Waals surface area contributed by atoms with Crippen LogP contribution in [0.5, 0.6) is 5.75 Å². The van der Waals surface area contributed by atoms with Crippen LogP contribution in [-0.4, -0.2) is 5.97 Å². The van der Waals surface area contributed by atoms with Gasteiger partial charge in [0.2, 0.25) is 0 Å². The van der Waals surface area contributed by atoms with Gasteiger partial charge in [-0.15, -0.1) is 6.58 Å². The molecule has 0 fully saturated rings. The molecular weight excluding hydrogens is 178 g/mol. The highest BCUT2D eigenvalue weighted by atomic mass is 16.5. The predicted octanol–water partition coefficient (Wildman–Crippen LogP) is 1.80. The van der Waals surface area contributed by atoms with E-state index in [1.54, 1.807) is 18.2 Å². The van der Waals surface area contributed by atoms with E-state index in [9.17, 15) is 4.79 Å². The summed E-state index contributed by atoms with van der Waals surface area (Å²) in [7, 11) is 0. The number of esters is 1. The van der Waals surface area contributed by atoms with Gasteiger partial charge in [0.05, 0.1) is 0 Å². The fourth-order valence-corrected chi connectivity index (χ4v) is 1.06. The maximum atomic E-state index is 10.6. The molecule has 0 spiro atoms. The third kappa shape index (κ3) is 2.71. The molecule has 0 aliphatic heterocycles. The van der Waals surface area contributed by atoms with Crippen molar-refractivity contribution in [2.24, 2.45) is 5.73 Å². The van der Waals surface area contributed by atoms with E-state index in [1.165, 1.54) is 6.92 Å². The summed E-state index contributed by atoms with van der Waals surface area (Å²) >= 11 is 0. The van der Waals surface area contributed by atoms with Crippen LogP contribution >= 0.6 is 0 Å². The Kier molecular flexibility index (Phi) is 3.42. The maximum absolute atomic E-state index is 10.6. The van der Waals surface area contributed by atoms with Crippen molar-refractivity contribution in [3.05, 3.63) is 42.5 Å². The normalized spacial score (nSPS) is 11.9. The second-order valence-corrected chi connectivity index (χ2v) is 2.92. The van der Waals surface area contributed by atoms with Gasteiger partial charge >= 0.3 is 5.97 Å². The molecule has 1 rings (SSSR count). The molecular formula is C11H13NO2. The summed E-state index contributed by atoms with van der Waals surface area (Å²) in [6.07, 6.45) is 1.65. The maximum Gasteiger partial charge on any atom is 0.308 e. The SMILES string of the molecule is C=C[C@H](N)c1ccc(OC(C)=O)cc1. The van der Waals surface area contributed by atoms with E-state index >= 15 is 0 Å². The third-order valence-corrected chi connectivity index (χ3v) is 1.78. The number of hydrogen-bond donors (Lipinski definition) is 1. The van der Waals surface area contributed by atoms with Gasteiger partial charge in [0.25, 0.3) is 0 Å². The topological polar surface area (TPSA) is 52.3 Å². The van der Waals surface area contributed by atoms with Gasteiger partial charge < -0.3 is 10.5 Å². The number of carbonyl (C=O) groups is 1. The smallest absolute Gasteiger partial charge is 0.308 e. The quantitative estimate of drug-likeness (QED) is 0.450. The predicted molar refractivity (Wildman–Crippen MR) is 54.9 cm³/mol. The molecule has 1 atom stereocenters. The molecule has 0 aliphatic carbocycles. The van der Waals surface area contributed by atoms with Gasteiger partial charge in [-0.2, -0.15) is 0 Å². The van der Waals surface area contributed by atoms with Crippen molar-refractivity contribution in [2.75, 3.05) is 0 Å². The number of benzene rings is 1. The van der Waals surface area contributed by atoms with E-state index in [0.717, 1.165) is 5.56 Å². The molecule has 3 heteroatoms. The minimum Gasteiger partial charge on any atom is -0.427 e. The average Bonchev–Trinajstić information content (AvgIpc) is 2.17. The molecule has 0 heterocycles. The van der Waals surface area contributed by atoms with Crippen LogP contribution in [0.3, 0.4) is 0 Å². The molecule has 0 aromatic heterocycles. The molecule has 1 aromatic carbocycles. The lowest BCUT2D eigenvalue weighted by molar-refractivity contribution is -0.131. The van der Waals surface area contributed by atoms with Gasteiger partial charge in [0.1, 0.15) is 5.75 Å². The van der Waals surface area contributed by atoms with Crippen molar-refractivity contribution >= 4 is 5.97 Å². The van der Waals surface area contributed by atoms with Crippen LogP contribution in [0.2, 0.25) is 0 Å². The second-order valence-electron chi connectivity index (χ2n) is 2.92. The van der Waals surface area contributed by atoms with E-state index in [4.69, 9.17) is 10.5 Å². The summed E-state index contributed by atoms with van der Waals surface area (Å²) in [4.78, 5) is 10.6. The Morgan fingerprint density at radius 3 is 2.50 bits per heavy atom. The fraction of sp³-hybridized carbons (Fsp3) is 0.182. The number of rotatable bonds is 3. The lowest BCUT2D eigenvalue weighted by atomic mass is 10.1. The van der Waals surface area contributed by atoms with E-state index in [2.05, 4.69) is 6.58 Å². The Bertz CT molecular complexity index is 330. The molecule has 0 amide bonds. The van der Waals surface area contributed by atoms with Crippen LogP contribution in [-0.2, 0) is 4.79 Å². The van der Waals surface area contributed by atoms with Crippen LogP contribution in [0.4, 0.5) is 0 Å². The molecule has 74 valence electrons. The Morgan fingerprint density at radius 1 is 1.50 bits per heavy atom. The van der Waals surface area contributed by atoms with Crippen LogP contribution in [0, 0.1) is 0 Å². The summed E-state index contributed by atoms with van der Waals surface area (Å²) in [6.45, 7) is 4.96. The van der Waals surface area contributed by atoms with Crippen molar-refractivity contribution in [3.63, 3.8) is 0 Å². The number of hydrogen-bond acceptors (Lipinski definition) is 3. The Labute approximate surface area is 83.2 Å². The van der Waals surface area contributed by atoms with Crippen LogP contribution in [0.25, 0.3) is 0 Å². The standard InChI is InChI=1S/C11H13NO2/c1-3-11(12)9-4-6-10(7-5-9)14-8(2)13/h3-7,11H,1,12H2,2H3/t11-/m0/s1. The first-order chi connectivity index (χ1) is 6.63. The molecule has 2 N–H and O–H groups in total. The summed E-state index contributed by atoms with van der Waals surface area (Å²) in [6, 6.07) is 6.86. The zero-order valence-electron chi connectivity index (χ0n) is 8.07. The lowest BCUT2D eigenvalue weighted by Crippen LogP contribution is -2.06. The average molecular weight is 191 g/mol. The highest BCUT2D eigenvalue weighted by molar-refractivity contribution is 5.69. The highest BCUT2D eigenvalue weighted by Gasteiger charge is 2.02. The van der Waals surface area contributed by atoms with Crippen molar-refractivity contribution in [1.29, 1.82) is 0 Å². The van der Waals surface area contributed by atoms with Gasteiger partial charge in [0, 0.05) is 13.0 Å². The molecule has 0 saturated heterocycles. The van der Waals surface area contributed by atoms with Crippen LogP contribution < -0.4 is 10.5 Å². The molecule has 0 aliphatic rings. The molecule has 3 nitrogen and oxygen atoms in total. The molecule has 1 aromatic rings. The van der Waals surface area contributed by atoms with Crippen molar-refractivity contribution in [1.82, 2.24) is 0 Å². The van der Waals surface area contributed by atoms with Crippen LogP contribution in [0.15, 0.2) is 36.9 Å². The Hall–Kier alpha value is -1.61. The monoisotopic (exact) mass is 191 g/mol.